The van der Waals surface area contributed by atoms with Crippen molar-refractivity contribution in [2.24, 2.45) is 0 Å². The van der Waals surface area contributed by atoms with Crippen LogP contribution in [0.5, 0.6) is 0 Å². The van der Waals surface area contributed by atoms with E-state index >= 15 is 0 Å². The molecule has 0 saturated carbocycles. The average Bonchev–Trinajstić information content (AvgIpc) is 3.24. The van der Waals surface area contributed by atoms with Crippen molar-refractivity contribution in [1.82, 2.24) is 4.98 Å². The number of nitrogens with zero attached hydrogens (tertiary/aromatic N) is 1. The van der Waals surface area contributed by atoms with Crippen LogP contribution >= 0.6 is 0 Å². The lowest BCUT2D eigenvalue weighted by Crippen LogP contribution is -2.33. The van der Waals surface area contributed by atoms with Gasteiger partial charge in [-0.25, -0.2) is 0 Å². The molecule has 6 aromatic rings. The zero-order chi connectivity index (χ0) is 27.3. The van der Waals surface area contributed by atoms with Crippen molar-refractivity contribution in [1.29, 1.82) is 0 Å². The smallest absolute Gasteiger partial charge is 0.136 e. The van der Waals surface area contributed by atoms with E-state index in [1.165, 1.54) is 51.1 Å². The molecule has 0 saturated heterocycles. The molecule has 4 aromatic carbocycles. The van der Waals surface area contributed by atoms with Crippen molar-refractivity contribution in [2.75, 3.05) is 0 Å². The SMILES string of the molecule is CC(C)(C)c1cc(-c2cc3cc4oc5cc6c(cc5c4cc3cn2)C(C)(C)CCC6(C)C)cc2ccccc12. The zero-order valence-electron chi connectivity index (χ0n) is 24.2. The van der Waals surface area contributed by atoms with E-state index in [0.29, 0.717) is 0 Å². The van der Waals surface area contributed by atoms with Crippen molar-refractivity contribution in [3.63, 3.8) is 0 Å². The van der Waals surface area contributed by atoms with E-state index in [9.17, 15) is 0 Å². The lowest BCUT2D eigenvalue weighted by atomic mass is 9.63. The van der Waals surface area contributed by atoms with Crippen molar-refractivity contribution >= 4 is 43.5 Å². The molecule has 0 bridgehead atoms. The summed E-state index contributed by atoms with van der Waals surface area (Å²) >= 11 is 0. The van der Waals surface area contributed by atoms with E-state index in [1.54, 1.807) is 0 Å². The largest absolute Gasteiger partial charge is 0.456 e. The fourth-order valence-corrected chi connectivity index (χ4v) is 6.71. The molecule has 39 heavy (non-hydrogen) atoms. The van der Waals surface area contributed by atoms with Gasteiger partial charge in [0.1, 0.15) is 11.2 Å². The molecular weight excluding hydrogens is 474 g/mol. The van der Waals surface area contributed by atoms with Crippen LogP contribution in [0.3, 0.4) is 0 Å². The molecule has 0 atom stereocenters. The molecule has 2 heteroatoms. The molecule has 0 unspecified atom stereocenters. The Kier molecular flexibility index (Phi) is 4.97. The predicted octanol–water partition coefficient (Wildman–Crippen LogP) is 10.6. The van der Waals surface area contributed by atoms with Crippen LogP contribution in [0.4, 0.5) is 0 Å². The third-order valence-corrected chi connectivity index (χ3v) is 9.25. The van der Waals surface area contributed by atoms with Gasteiger partial charge in [-0.2, -0.15) is 0 Å². The summed E-state index contributed by atoms with van der Waals surface area (Å²) in [7, 11) is 0. The third-order valence-electron chi connectivity index (χ3n) is 9.25. The second-order valence-corrected chi connectivity index (χ2v) is 14.0. The first-order chi connectivity index (χ1) is 18.4. The van der Waals surface area contributed by atoms with Crippen molar-refractivity contribution in [2.45, 2.75) is 77.6 Å². The van der Waals surface area contributed by atoms with E-state index in [1.807, 2.05) is 6.20 Å². The second-order valence-electron chi connectivity index (χ2n) is 14.0. The summed E-state index contributed by atoms with van der Waals surface area (Å²) in [6, 6.07) is 24.7. The Morgan fingerprint density at radius 3 is 2.08 bits per heavy atom. The third kappa shape index (κ3) is 3.79. The molecule has 0 amide bonds. The van der Waals surface area contributed by atoms with Crippen molar-refractivity contribution in [3.05, 3.63) is 89.6 Å². The maximum Gasteiger partial charge on any atom is 0.136 e. The Bertz CT molecular complexity index is 1940. The molecule has 0 N–H and O–H groups in total. The number of aromatic nitrogens is 1. The van der Waals surface area contributed by atoms with Crippen LogP contribution in [-0.4, -0.2) is 4.98 Å². The number of furan rings is 1. The molecule has 196 valence electrons. The second kappa shape index (κ2) is 7.94. The Morgan fingerprint density at radius 2 is 1.33 bits per heavy atom. The number of rotatable bonds is 1. The summed E-state index contributed by atoms with van der Waals surface area (Å²) < 4.78 is 6.53. The molecular formula is C37H37NO. The molecule has 0 spiro atoms. The zero-order valence-corrected chi connectivity index (χ0v) is 24.2. The van der Waals surface area contributed by atoms with Crippen molar-refractivity contribution < 1.29 is 4.42 Å². The first kappa shape index (κ1) is 24.4. The van der Waals surface area contributed by atoms with Crippen molar-refractivity contribution in [3.8, 4) is 11.3 Å². The van der Waals surface area contributed by atoms with Gasteiger partial charge in [0.2, 0.25) is 0 Å². The van der Waals surface area contributed by atoms with Crippen LogP contribution in [0, 0.1) is 0 Å². The Morgan fingerprint density at radius 1 is 0.667 bits per heavy atom. The van der Waals surface area contributed by atoms with E-state index in [4.69, 9.17) is 9.40 Å². The van der Waals surface area contributed by atoms with E-state index in [0.717, 1.165) is 33.2 Å². The quantitative estimate of drug-likeness (QED) is 0.219. The number of benzene rings is 4. The monoisotopic (exact) mass is 511 g/mol. The number of pyridine rings is 1. The summed E-state index contributed by atoms with van der Waals surface area (Å²) in [6.07, 6.45) is 4.43. The van der Waals surface area contributed by atoms with Crippen LogP contribution in [0.2, 0.25) is 0 Å². The molecule has 0 radical (unpaired) electrons. The Hall–Kier alpha value is -3.65. The minimum Gasteiger partial charge on any atom is -0.456 e. The first-order valence-corrected chi connectivity index (χ1v) is 14.3. The molecule has 0 fully saturated rings. The molecule has 1 aliphatic carbocycles. The minimum atomic E-state index is 0.0369. The van der Waals surface area contributed by atoms with Gasteiger partial charge in [-0.3, -0.25) is 4.98 Å². The highest BCUT2D eigenvalue weighted by Gasteiger charge is 2.37. The van der Waals surface area contributed by atoms with Crippen LogP contribution in [0.25, 0.3) is 54.7 Å². The van der Waals surface area contributed by atoms with E-state index < -0.39 is 0 Å². The standard InChI is InChI=1S/C37H37NO/c1-35(2,3)29-16-24(14-22-10-8-9-11-26(22)29)32-17-23-18-33-27(15-25(23)21-38-32)28-19-30-31(20-34(28)39-33)37(6,7)13-12-36(30,4)5/h8-11,14-21H,12-13H2,1-7H3. The van der Waals surface area contributed by atoms with Crippen LogP contribution < -0.4 is 0 Å². The Labute approximate surface area is 231 Å². The van der Waals surface area contributed by atoms with Gasteiger partial charge >= 0.3 is 0 Å². The maximum absolute atomic E-state index is 6.53. The van der Waals surface area contributed by atoms with Crippen LogP contribution in [-0.2, 0) is 16.2 Å². The number of fused-ring (bicyclic) bond motifs is 6. The minimum absolute atomic E-state index is 0.0369. The lowest BCUT2D eigenvalue weighted by Gasteiger charge is -2.41. The van der Waals surface area contributed by atoms with Crippen LogP contribution in [0.1, 0.15) is 78.0 Å². The molecule has 2 aromatic heterocycles. The average molecular weight is 512 g/mol. The van der Waals surface area contributed by atoms with E-state index in [2.05, 4.69) is 115 Å². The normalized spacial score (nSPS) is 16.8. The predicted molar refractivity (Wildman–Crippen MR) is 166 cm³/mol. The first-order valence-electron chi connectivity index (χ1n) is 14.3. The molecule has 2 nitrogen and oxygen atoms in total. The summed E-state index contributed by atoms with van der Waals surface area (Å²) in [5, 5.41) is 7.25. The van der Waals surface area contributed by atoms with Gasteiger partial charge < -0.3 is 4.42 Å². The van der Waals surface area contributed by atoms with Gasteiger partial charge in [0.15, 0.2) is 0 Å². The lowest BCUT2D eigenvalue weighted by molar-refractivity contribution is 0.332. The maximum atomic E-state index is 6.53. The summed E-state index contributed by atoms with van der Waals surface area (Å²) in [6.45, 7) is 16.4. The Balaban J connectivity index is 1.42. The van der Waals surface area contributed by atoms with Crippen LogP contribution in [0.15, 0.2) is 77.3 Å². The molecule has 1 aliphatic rings. The number of hydrogen-bond donors (Lipinski definition) is 0. The van der Waals surface area contributed by atoms with Gasteiger partial charge in [-0.05, 0) is 104 Å². The summed E-state index contributed by atoms with van der Waals surface area (Å²) in [5.41, 5.74) is 8.70. The van der Waals surface area contributed by atoms with Gasteiger partial charge in [0.25, 0.3) is 0 Å². The van der Waals surface area contributed by atoms with Gasteiger partial charge in [-0.15, -0.1) is 0 Å². The molecule has 2 heterocycles. The highest BCUT2D eigenvalue weighted by Crippen LogP contribution is 2.48. The van der Waals surface area contributed by atoms with Gasteiger partial charge in [0.05, 0.1) is 5.69 Å². The highest BCUT2D eigenvalue weighted by atomic mass is 16.3. The van der Waals surface area contributed by atoms with Gasteiger partial charge in [0, 0.05) is 27.9 Å². The van der Waals surface area contributed by atoms with E-state index in [-0.39, 0.29) is 16.2 Å². The summed E-state index contributed by atoms with van der Waals surface area (Å²) in [4.78, 5) is 4.96. The summed E-state index contributed by atoms with van der Waals surface area (Å²) in [5.74, 6) is 0. The van der Waals surface area contributed by atoms with Gasteiger partial charge in [-0.1, -0.05) is 72.7 Å². The highest BCUT2D eigenvalue weighted by molar-refractivity contribution is 6.10. The fraction of sp³-hybridized carbons (Fsp3) is 0.324. The topological polar surface area (TPSA) is 26.0 Å². The molecule has 7 rings (SSSR count). The number of hydrogen-bond acceptors (Lipinski definition) is 2. The fourth-order valence-electron chi connectivity index (χ4n) is 6.71. The molecule has 0 aliphatic heterocycles.